The first kappa shape index (κ1) is 17.3. The predicted molar refractivity (Wildman–Crippen MR) is 91.6 cm³/mol. The standard InChI is InChI=1S/C16H14N2O5S2/c1-17-25(20,21)13-6-4-11(5-7-13)16(19)23-10-12-9-22-15(18-12)14-3-2-8-24-14/h2-9,17H,10H2,1H3. The van der Waals surface area contributed by atoms with Crippen molar-refractivity contribution in [3.05, 3.63) is 59.3 Å². The number of sulfonamides is 1. The summed E-state index contributed by atoms with van der Waals surface area (Å²) in [6, 6.07) is 9.24. The summed E-state index contributed by atoms with van der Waals surface area (Å²) >= 11 is 1.50. The second kappa shape index (κ2) is 7.18. The van der Waals surface area contributed by atoms with Crippen molar-refractivity contribution in [1.29, 1.82) is 0 Å². The van der Waals surface area contributed by atoms with Gasteiger partial charge in [0.2, 0.25) is 15.9 Å². The van der Waals surface area contributed by atoms with Crippen LogP contribution in [0.1, 0.15) is 16.1 Å². The van der Waals surface area contributed by atoms with Gasteiger partial charge < -0.3 is 9.15 Å². The van der Waals surface area contributed by atoms with Crippen LogP contribution in [-0.4, -0.2) is 26.4 Å². The van der Waals surface area contributed by atoms with Gasteiger partial charge in [0.1, 0.15) is 18.6 Å². The lowest BCUT2D eigenvalue weighted by Crippen LogP contribution is -2.18. The third kappa shape index (κ3) is 3.95. The highest BCUT2D eigenvalue weighted by Crippen LogP contribution is 2.23. The third-order valence-corrected chi connectivity index (χ3v) is 5.59. The largest absolute Gasteiger partial charge is 0.455 e. The second-order valence-corrected chi connectivity index (χ2v) is 7.76. The first-order valence-electron chi connectivity index (χ1n) is 7.18. The Morgan fingerprint density at radius 3 is 2.68 bits per heavy atom. The number of carbonyl (C=O) groups excluding carboxylic acids is 1. The Morgan fingerprint density at radius 1 is 1.28 bits per heavy atom. The molecule has 0 fully saturated rings. The monoisotopic (exact) mass is 378 g/mol. The zero-order valence-electron chi connectivity index (χ0n) is 13.1. The molecule has 9 heteroatoms. The zero-order chi connectivity index (χ0) is 17.9. The molecule has 3 aromatic rings. The molecule has 1 aromatic carbocycles. The fourth-order valence-electron chi connectivity index (χ4n) is 2.00. The lowest BCUT2D eigenvalue weighted by atomic mass is 10.2. The Bertz CT molecular complexity index is 960. The van der Waals surface area contributed by atoms with E-state index < -0.39 is 16.0 Å². The number of hydrogen-bond donors (Lipinski definition) is 1. The molecule has 0 saturated heterocycles. The average molecular weight is 378 g/mol. The summed E-state index contributed by atoms with van der Waals surface area (Å²) in [4.78, 5) is 17.3. The minimum atomic E-state index is -3.54. The molecule has 0 radical (unpaired) electrons. The van der Waals surface area contributed by atoms with Gasteiger partial charge in [-0.25, -0.2) is 22.9 Å². The van der Waals surface area contributed by atoms with Crippen molar-refractivity contribution in [3.8, 4) is 10.8 Å². The number of nitrogens with zero attached hydrogens (tertiary/aromatic N) is 1. The van der Waals surface area contributed by atoms with Crippen molar-refractivity contribution < 1.29 is 22.4 Å². The van der Waals surface area contributed by atoms with Crippen LogP contribution in [0.2, 0.25) is 0 Å². The number of ether oxygens (including phenoxy) is 1. The van der Waals surface area contributed by atoms with Gasteiger partial charge in [-0.3, -0.25) is 0 Å². The number of nitrogens with one attached hydrogen (secondary N) is 1. The van der Waals surface area contributed by atoms with Crippen LogP contribution >= 0.6 is 11.3 Å². The molecule has 0 saturated carbocycles. The van der Waals surface area contributed by atoms with E-state index in [1.807, 2.05) is 17.5 Å². The summed E-state index contributed by atoms with van der Waals surface area (Å²) in [5.41, 5.74) is 0.739. The minimum absolute atomic E-state index is 0.0374. The molecule has 3 rings (SSSR count). The van der Waals surface area contributed by atoms with Gasteiger partial charge in [-0.2, -0.15) is 0 Å². The van der Waals surface area contributed by atoms with Gasteiger partial charge in [-0.05, 0) is 42.8 Å². The van der Waals surface area contributed by atoms with Gasteiger partial charge in [-0.1, -0.05) is 6.07 Å². The molecular formula is C16H14N2O5S2. The molecule has 0 amide bonds. The normalized spacial score (nSPS) is 11.4. The van der Waals surface area contributed by atoms with Gasteiger partial charge in [-0.15, -0.1) is 11.3 Å². The Balaban J connectivity index is 1.63. The molecule has 130 valence electrons. The van der Waals surface area contributed by atoms with Gasteiger partial charge >= 0.3 is 5.97 Å². The average Bonchev–Trinajstić information content (AvgIpc) is 3.31. The molecule has 0 aliphatic heterocycles. The van der Waals surface area contributed by atoms with E-state index in [9.17, 15) is 13.2 Å². The highest BCUT2D eigenvalue weighted by atomic mass is 32.2. The summed E-state index contributed by atoms with van der Waals surface area (Å²) in [5, 5.41) is 1.91. The number of benzene rings is 1. The van der Waals surface area contributed by atoms with Crippen molar-refractivity contribution in [1.82, 2.24) is 9.71 Å². The van der Waals surface area contributed by atoms with Crippen LogP contribution in [0.25, 0.3) is 10.8 Å². The Kier molecular flexibility index (Phi) is 4.98. The first-order valence-corrected chi connectivity index (χ1v) is 9.55. The SMILES string of the molecule is CNS(=O)(=O)c1ccc(C(=O)OCc2coc(-c3cccs3)n2)cc1. The lowest BCUT2D eigenvalue weighted by molar-refractivity contribution is 0.0467. The maximum Gasteiger partial charge on any atom is 0.338 e. The van der Waals surface area contributed by atoms with E-state index in [0.717, 1.165) is 4.88 Å². The van der Waals surface area contributed by atoms with Crippen LogP contribution in [0.15, 0.2) is 57.4 Å². The molecular weight excluding hydrogens is 364 g/mol. The number of aromatic nitrogens is 1. The Labute approximate surface area is 148 Å². The van der Waals surface area contributed by atoms with Crippen molar-refractivity contribution in [2.24, 2.45) is 0 Å². The molecule has 1 N–H and O–H groups in total. The highest BCUT2D eigenvalue weighted by molar-refractivity contribution is 7.89. The van der Waals surface area contributed by atoms with E-state index >= 15 is 0 Å². The fraction of sp³-hybridized carbons (Fsp3) is 0.125. The maximum absolute atomic E-state index is 12.0. The molecule has 0 aliphatic carbocycles. The van der Waals surface area contributed by atoms with Crippen LogP contribution in [0, 0.1) is 0 Å². The molecule has 2 heterocycles. The van der Waals surface area contributed by atoms with Gasteiger partial charge in [0.15, 0.2) is 0 Å². The zero-order valence-corrected chi connectivity index (χ0v) is 14.8. The molecule has 25 heavy (non-hydrogen) atoms. The predicted octanol–water partition coefficient (Wildman–Crippen LogP) is 2.67. The molecule has 0 spiro atoms. The number of thiophene rings is 1. The lowest BCUT2D eigenvalue weighted by Gasteiger charge is -2.05. The summed E-state index contributed by atoms with van der Waals surface area (Å²) in [6.45, 7) is -0.0374. The van der Waals surface area contributed by atoms with Crippen LogP contribution in [-0.2, 0) is 21.4 Å². The molecule has 0 atom stereocenters. The number of esters is 1. The van der Waals surface area contributed by atoms with Gasteiger partial charge in [0, 0.05) is 0 Å². The number of carbonyl (C=O) groups is 1. The van der Waals surface area contributed by atoms with Crippen LogP contribution in [0.5, 0.6) is 0 Å². The van der Waals surface area contributed by atoms with E-state index in [1.54, 1.807) is 0 Å². The molecule has 0 aliphatic rings. The van der Waals surface area contributed by atoms with Crippen molar-refractivity contribution in [2.75, 3.05) is 7.05 Å². The van der Waals surface area contributed by atoms with Crippen molar-refractivity contribution in [3.63, 3.8) is 0 Å². The number of oxazole rings is 1. The van der Waals surface area contributed by atoms with E-state index in [4.69, 9.17) is 9.15 Å². The molecule has 0 bridgehead atoms. The second-order valence-electron chi connectivity index (χ2n) is 4.93. The smallest absolute Gasteiger partial charge is 0.338 e. The van der Waals surface area contributed by atoms with E-state index in [-0.39, 0.29) is 17.1 Å². The van der Waals surface area contributed by atoms with Gasteiger partial charge in [0.25, 0.3) is 0 Å². The van der Waals surface area contributed by atoms with Crippen molar-refractivity contribution in [2.45, 2.75) is 11.5 Å². The Hall–Kier alpha value is -2.49. The maximum atomic E-state index is 12.0. The number of rotatable bonds is 6. The quantitative estimate of drug-likeness (QED) is 0.662. The molecule has 0 unspecified atom stereocenters. The van der Waals surface area contributed by atoms with Crippen LogP contribution < -0.4 is 4.72 Å². The Morgan fingerprint density at radius 2 is 2.04 bits per heavy atom. The fourth-order valence-corrected chi connectivity index (χ4v) is 3.38. The molecule has 2 aromatic heterocycles. The van der Waals surface area contributed by atoms with Crippen LogP contribution in [0.4, 0.5) is 0 Å². The van der Waals surface area contributed by atoms with E-state index in [2.05, 4.69) is 9.71 Å². The summed E-state index contributed by atoms with van der Waals surface area (Å²) in [7, 11) is -2.22. The number of hydrogen-bond acceptors (Lipinski definition) is 7. The van der Waals surface area contributed by atoms with Crippen molar-refractivity contribution >= 4 is 27.3 Å². The van der Waals surface area contributed by atoms with Gasteiger partial charge in [0.05, 0.1) is 15.3 Å². The summed E-state index contributed by atoms with van der Waals surface area (Å²) < 4.78 is 36.0. The van der Waals surface area contributed by atoms with E-state index in [1.165, 1.54) is 48.9 Å². The van der Waals surface area contributed by atoms with E-state index in [0.29, 0.717) is 11.6 Å². The molecule has 7 nitrogen and oxygen atoms in total. The minimum Gasteiger partial charge on any atom is -0.455 e. The first-order chi connectivity index (χ1) is 12.0. The van der Waals surface area contributed by atoms with Crippen LogP contribution in [0.3, 0.4) is 0 Å². The highest BCUT2D eigenvalue weighted by Gasteiger charge is 2.14. The summed E-state index contributed by atoms with van der Waals surface area (Å²) in [6.07, 6.45) is 1.44. The topological polar surface area (TPSA) is 98.5 Å². The summed E-state index contributed by atoms with van der Waals surface area (Å²) in [5.74, 6) is -0.100. The third-order valence-electron chi connectivity index (χ3n) is 3.30.